The first-order chi connectivity index (χ1) is 15.6. The molecule has 0 bridgehead atoms. The zero-order chi connectivity index (χ0) is 22.3. The summed E-state index contributed by atoms with van der Waals surface area (Å²) in [6.45, 7) is 8.34. The fraction of sp³-hybridized carbons (Fsp3) is 0.462. The van der Waals surface area contributed by atoms with Gasteiger partial charge in [-0.05, 0) is 69.6 Å². The van der Waals surface area contributed by atoms with E-state index < -0.39 is 0 Å². The molecule has 0 radical (unpaired) electrons. The number of aryl methyl sites for hydroxylation is 2. The fourth-order valence-electron chi connectivity index (χ4n) is 4.33. The van der Waals surface area contributed by atoms with Gasteiger partial charge in [0, 0.05) is 12.2 Å². The molecule has 0 spiro atoms. The number of fused-ring (bicyclic) bond motifs is 1. The van der Waals surface area contributed by atoms with Gasteiger partial charge >= 0.3 is 0 Å². The third-order valence-corrected chi connectivity index (χ3v) is 6.01. The molecule has 2 heterocycles. The number of carbonyl (C=O) groups excluding carboxylic acids is 1. The van der Waals surface area contributed by atoms with E-state index in [0.29, 0.717) is 5.75 Å². The highest BCUT2D eigenvalue weighted by molar-refractivity contribution is 5.94. The van der Waals surface area contributed by atoms with Gasteiger partial charge in [0.1, 0.15) is 11.6 Å². The smallest absolute Gasteiger partial charge is 0.262 e. The first-order valence-corrected chi connectivity index (χ1v) is 11.8. The highest BCUT2D eigenvalue weighted by atomic mass is 16.5. The molecule has 32 heavy (non-hydrogen) atoms. The molecule has 1 aromatic heterocycles. The molecule has 3 aromatic rings. The third kappa shape index (κ3) is 5.68. The van der Waals surface area contributed by atoms with Crippen molar-refractivity contribution in [1.29, 1.82) is 0 Å². The van der Waals surface area contributed by atoms with E-state index in [1.165, 1.54) is 25.7 Å². The molecule has 0 aliphatic carbocycles. The summed E-state index contributed by atoms with van der Waals surface area (Å²) >= 11 is 0. The highest BCUT2D eigenvalue weighted by Crippen LogP contribution is 2.23. The van der Waals surface area contributed by atoms with E-state index in [4.69, 9.17) is 9.72 Å². The van der Waals surface area contributed by atoms with Crippen LogP contribution in [0.1, 0.15) is 50.4 Å². The maximum atomic E-state index is 12.4. The molecular weight excluding hydrogens is 400 g/mol. The van der Waals surface area contributed by atoms with Gasteiger partial charge in [-0.15, -0.1) is 0 Å². The molecule has 0 saturated carbocycles. The van der Waals surface area contributed by atoms with Crippen molar-refractivity contribution in [3.8, 4) is 5.75 Å². The van der Waals surface area contributed by atoms with Crippen LogP contribution in [-0.4, -0.2) is 40.1 Å². The van der Waals surface area contributed by atoms with E-state index in [1.807, 2.05) is 43.3 Å². The second-order valence-corrected chi connectivity index (χ2v) is 8.72. The number of nitrogens with one attached hydrogen (secondary N) is 1. The van der Waals surface area contributed by atoms with Crippen LogP contribution in [-0.2, 0) is 17.9 Å². The molecule has 2 aromatic carbocycles. The van der Waals surface area contributed by atoms with Gasteiger partial charge in [-0.1, -0.05) is 37.5 Å². The zero-order valence-corrected chi connectivity index (χ0v) is 19.3. The van der Waals surface area contributed by atoms with Gasteiger partial charge in [-0.2, -0.15) is 0 Å². The maximum absolute atomic E-state index is 12.4. The van der Waals surface area contributed by atoms with Gasteiger partial charge in [-0.3, -0.25) is 9.69 Å². The summed E-state index contributed by atoms with van der Waals surface area (Å²) in [7, 11) is 0. The van der Waals surface area contributed by atoms with Crippen LogP contribution in [0.4, 0.5) is 5.69 Å². The molecule has 1 fully saturated rings. The quantitative estimate of drug-likeness (QED) is 0.533. The molecule has 1 amide bonds. The van der Waals surface area contributed by atoms with E-state index in [1.54, 1.807) is 0 Å². The SMILES string of the molecule is CCCn1c(CN2CCCCCC2)nc2cc(NC(=O)COc3ccc(C)cc3)ccc21. The number of carbonyl (C=O) groups is 1. The van der Waals surface area contributed by atoms with Crippen molar-refractivity contribution in [2.45, 2.75) is 59.0 Å². The lowest BCUT2D eigenvalue weighted by molar-refractivity contribution is -0.118. The number of anilines is 1. The number of hydrogen-bond acceptors (Lipinski definition) is 4. The van der Waals surface area contributed by atoms with Crippen molar-refractivity contribution in [3.05, 3.63) is 53.9 Å². The number of benzene rings is 2. The van der Waals surface area contributed by atoms with Gasteiger partial charge in [-0.25, -0.2) is 4.98 Å². The van der Waals surface area contributed by atoms with Gasteiger partial charge in [0.25, 0.3) is 5.91 Å². The average molecular weight is 435 g/mol. The second-order valence-electron chi connectivity index (χ2n) is 8.72. The van der Waals surface area contributed by atoms with Crippen molar-refractivity contribution in [1.82, 2.24) is 14.5 Å². The number of amides is 1. The molecule has 1 aliphatic rings. The number of rotatable bonds is 8. The molecule has 0 unspecified atom stereocenters. The van der Waals surface area contributed by atoms with E-state index >= 15 is 0 Å². The van der Waals surface area contributed by atoms with Crippen LogP contribution in [0.5, 0.6) is 5.75 Å². The first kappa shape index (κ1) is 22.3. The lowest BCUT2D eigenvalue weighted by Gasteiger charge is -2.20. The predicted molar refractivity (Wildman–Crippen MR) is 129 cm³/mol. The van der Waals surface area contributed by atoms with Crippen molar-refractivity contribution in [2.24, 2.45) is 0 Å². The Morgan fingerprint density at radius 3 is 2.53 bits per heavy atom. The first-order valence-electron chi connectivity index (χ1n) is 11.8. The largest absolute Gasteiger partial charge is 0.484 e. The van der Waals surface area contributed by atoms with Crippen molar-refractivity contribution in [2.75, 3.05) is 25.0 Å². The van der Waals surface area contributed by atoms with Crippen LogP contribution in [0.25, 0.3) is 11.0 Å². The average Bonchev–Trinajstić information content (AvgIpc) is 2.94. The third-order valence-electron chi connectivity index (χ3n) is 6.01. The Labute approximate surface area is 190 Å². The predicted octanol–water partition coefficient (Wildman–Crippen LogP) is 5.15. The number of ether oxygens (including phenoxy) is 1. The lowest BCUT2D eigenvalue weighted by atomic mass is 10.2. The molecule has 170 valence electrons. The van der Waals surface area contributed by atoms with E-state index in [2.05, 4.69) is 27.8 Å². The minimum absolute atomic E-state index is 0.0222. The molecule has 6 heteroatoms. The van der Waals surface area contributed by atoms with E-state index in [-0.39, 0.29) is 12.5 Å². The molecule has 4 rings (SSSR count). The molecule has 0 atom stereocenters. The van der Waals surface area contributed by atoms with E-state index in [0.717, 1.165) is 60.7 Å². The summed E-state index contributed by atoms with van der Waals surface area (Å²) in [5.74, 6) is 1.63. The molecule has 1 N–H and O–H groups in total. The van der Waals surface area contributed by atoms with Crippen LogP contribution in [0.15, 0.2) is 42.5 Å². The Morgan fingerprint density at radius 2 is 1.81 bits per heavy atom. The maximum Gasteiger partial charge on any atom is 0.262 e. The lowest BCUT2D eigenvalue weighted by Crippen LogP contribution is -2.26. The number of aromatic nitrogens is 2. The Morgan fingerprint density at radius 1 is 1.06 bits per heavy atom. The summed E-state index contributed by atoms with van der Waals surface area (Å²) in [4.78, 5) is 19.9. The van der Waals surface area contributed by atoms with Crippen LogP contribution >= 0.6 is 0 Å². The van der Waals surface area contributed by atoms with Gasteiger partial charge in [0.05, 0.1) is 17.6 Å². The van der Waals surface area contributed by atoms with Crippen LogP contribution in [0.3, 0.4) is 0 Å². The van der Waals surface area contributed by atoms with Crippen molar-refractivity contribution < 1.29 is 9.53 Å². The van der Waals surface area contributed by atoms with Gasteiger partial charge in [0.2, 0.25) is 0 Å². The summed E-state index contributed by atoms with van der Waals surface area (Å²) in [6, 6.07) is 13.7. The summed E-state index contributed by atoms with van der Waals surface area (Å²) in [5.41, 5.74) is 3.97. The topological polar surface area (TPSA) is 59.4 Å². The minimum atomic E-state index is -0.178. The molecular formula is C26H34N4O2. The number of nitrogens with zero attached hydrogens (tertiary/aromatic N) is 3. The monoisotopic (exact) mass is 434 g/mol. The van der Waals surface area contributed by atoms with E-state index in [9.17, 15) is 4.79 Å². The Balaban J connectivity index is 1.45. The molecule has 6 nitrogen and oxygen atoms in total. The summed E-state index contributed by atoms with van der Waals surface area (Å²) < 4.78 is 7.93. The van der Waals surface area contributed by atoms with Crippen LogP contribution < -0.4 is 10.1 Å². The minimum Gasteiger partial charge on any atom is -0.484 e. The zero-order valence-electron chi connectivity index (χ0n) is 19.3. The Hall–Kier alpha value is -2.86. The summed E-state index contributed by atoms with van der Waals surface area (Å²) in [6.07, 6.45) is 6.27. The summed E-state index contributed by atoms with van der Waals surface area (Å²) in [5, 5.41) is 2.94. The fourth-order valence-corrected chi connectivity index (χ4v) is 4.33. The van der Waals surface area contributed by atoms with Gasteiger partial charge in [0.15, 0.2) is 6.61 Å². The Kier molecular flexibility index (Phi) is 7.43. The van der Waals surface area contributed by atoms with Crippen LogP contribution in [0.2, 0.25) is 0 Å². The Bertz CT molecular complexity index is 1030. The number of likely N-dealkylation sites (tertiary alicyclic amines) is 1. The molecule has 1 aliphatic heterocycles. The van der Waals surface area contributed by atoms with Crippen LogP contribution in [0, 0.1) is 6.92 Å². The number of imidazole rings is 1. The second kappa shape index (κ2) is 10.6. The van der Waals surface area contributed by atoms with Crippen molar-refractivity contribution >= 4 is 22.6 Å². The van der Waals surface area contributed by atoms with Gasteiger partial charge < -0.3 is 14.6 Å². The standard InChI is InChI=1S/C26H34N4O2/c1-3-14-30-24-13-10-21(27-26(31)19-32-22-11-8-20(2)9-12-22)17-23(24)28-25(30)18-29-15-6-4-5-7-16-29/h8-13,17H,3-7,14-16,18-19H2,1-2H3,(H,27,31). The normalized spacial score (nSPS) is 14.9. The highest BCUT2D eigenvalue weighted by Gasteiger charge is 2.16. The molecule has 1 saturated heterocycles. The van der Waals surface area contributed by atoms with Crippen molar-refractivity contribution in [3.63, 3.8) is 0 Å². The number of hydrogen-bond donors (Lipinski definition) is 1.